The first kappa shape index (κ1) is 98.6. The lowest BCUT2D eigenvalue weighted by Crippen LogP contribution is -2.50. The number of nitrogen functional groups attached to an aromatic ring is 1. The lowest BCUT2D eigenvalue weighted by molar-refractivity contribution is -0.739. The molecule has 32 nitrogen and oxygen atoms in total. The molecular formula is C78H89Cl2N26O6S9+. The number of thiol groups is 1. The molecule has 10 aromatic heterocycles. The Balaban J connectivity index is 0.000000209. The van der Waals surface area contributed by atoms with E-state index < -0.39 is 17.0 Å². The highest BCUT2D eigenvalue weighted by atomic mass is 35.5. The third kappa shape index (κ3) is 34.1. The molecule has 0 saturated carbocycles. The summed E-state index contributed by atoms with van der Waals surface area (Å²) in [5.74, 6) is 2.85. The molecular weight excluding hydrogens is 1760 g/mol. The number of hydrogen-bond acceptors (Lipinski definition) is 27. The van der Waals surface area contributed by atoms with Crippen molar-refractivity contribution in [2.75, 3.05) is 36.3 Å². The van der Waals surface area contributed by atoms with Crippen LogP contribution in [0.4, 0.5) is 22.0 Å². The number of nitrogens with one attached hydrogen (secondary N) is 8. The van der Waals surface area contributed by atoms with E-state index in [0.717, 1.165) is 79.1 Å². The second-order valence-electron chi connectivity index (χ2n) is 26.5. The SMILES string of the molecule is CC(C)Cc1ccc2cnncc2c1.CC(C)c1ccc2cnncc2c1.CCCC[n+]1c([S-])nn(C)c1C.CCOC(=O)N[n+]1c(C)n(C)[nH]c1=S.CN(CC(=O)O)c1cc(=S)[nH]c(=S)[nH]1.Cc1cc(=S)[nH]c(=S)[nH]1.Clc1cc2cnncc2cc1Cl.Nc1ccc2cnncc2c1.O=[N+]([O-])c1ccc2cnncc2c1.S=c1cc(S)[nH]c(=S)[nH]1. The number of aliphatic carboxylic acids is 1. The number of ether oxygens (including phenoxy) is 1. The lowest BCUT2D eigenvalue weighted by Gasteiger charge is -2.15. The highest BCUT2D eigenvalue weighted by molar-refractivity contribution is 7.80. The number of aryl methyl sites for hydroxylation is 3. The molecule has 11 N–H and O–H groups in total. The van der Waals surface area contributed by atoms with Gasteiger partial charge in [0.15, 0.2) is 19.5 Å². The summed E-state index contributed by atoms with van der Waals surface area (Å²) in [6, 6.07) is 31.8. The molecule has 15 aromatic rings. The second kappa shape index (κ2) is 50.1. The first-order valence-electron chi connectivity index (χ1n) is 36.6. The number of carbonyl (C=O) groups is 2. The number of nitro groups is 1. The van der Waals surface area contributed by atoms with Crippen molar-refractivity contribution in [2.24, 2.45) is 20.0 Å². The number of unbranched alkanes of at least 4 members (excludes halogenated alkanes) is 1. The van der Waals surface area contributed by atoms with Gasteiger partial charge in [0.25, 0.3) is 11.5 Å². The van der Waals surface area contributed by atoms with Crippen molar-refractivity contribution in [3.8, 4) is 0 Å². The summed E-state index contributed by atoms with van der Waals surface area (Å²) >= 11 is 54.7. The number of hydrogen-bond donors (Lipinski definition) is 11. The first-order valence-corrected chi connectivity index (χ1v) is 41.1. The van der Waals surface area contributed by atoms with E-state index in [1.165, 1.54) is 62.6 Å². The Bertz CT molecular complexity index is 6250. The molecule has 634 valence electrons. The van der Waals surface area contributed by atoms with E-state index in [0.29, 0.717) is 77.5 Å². The number of aromatic nitrogens is 22. The number of amides is 1. The van der Waals surface area contributed by atoms with Crippen LogP contribution in [0.3, 0.4) is 0 Å². The molecule has 0 aliphatic heterocycles. The van der Waals surface area contributed by atoms with Crippen LogP contribution in [0, 0.1) is 69.8 Å². The van der Waals surface area contributed by atoms with E-state index in [-0.39, 0.29) is 12.2 Å². The van der Waals surface area contributed by atoms with Crippen LogP contribution >= 0.6 is 121 Å². The van der Waals surface area contributed by atoms with E-state index >= 15 is 0 Å². The van der Waals surface area contributed by atoms with E-state index in [4.69, 9.17) is 137 Å². The molecule has 5 aromatic carbocycles. The van der Waals surface area contributed by atoms with Crippen LogP contribution in [-0.4, -0.2) is 143 Å². The van der Waals surface area contributed by atoms with Crippen LogP contribution in [0.1, 0.15) is 88.8 Å². The molecule has 15 rings (SSSR count). The molecule has 0 saturated heterocycles. The number of nitrogens with two attached hydrogens (primary N) is 1. The largest absolute Gasteiger partial charge is 0.703 e. The van der Waals surface area contributed by atoms with E-state index in [1.54, 1.807) is 106 Å². The Morgan fingerprint density at radius 1 is 0.620 bits per heavy atom. The van der Waals surface area contributed by atoms with Crippen LogP contribution in [-0.2, 0) is 49.2 Å². The smallest absolute Gasteiger partial charge is 0.437 e. The van der Waals surface area contributed by atoms with Gasteiger partial charge in [-0.15, -0.1) is 27.1 Å². The third-order valence-corrected chi connectivity index (χ3v) is 19.2. The number of carboxylic acids is 1. The number of nitrogens with zero attached hydrogens (tertiary/aromatic N) is 17. The van der Waals surface area contributed by atoms with Gasteiger partial charge in [0.1, 0.15) is 26.3 Å². The van der Waals surface area contributed by atoms with Gasteiger partial charge in [0.2, 0.25) is 5.82 Å². The van der Waals surface area contributed by atoms with Crippen LogP contribution in [0.2, 0.25) is 10.0 Å². The van der Waals surface area contributed by atoms with Gasteiger partial charge in [-0.3, -0.25) is 19.5 Å². The number of halogens is 2. The lowest BCUT2D eigenvalue weighted by atomic mass is 10.0. The van der Waals surface area contributed by atoms with Gasteiger partial charge in [0, 0.05) is 128 Å². The normalized spacial score (nSPS) is 10.3. The molecule has 0 spiro atoms. The number of fused-ring (bicyclic) bond motifs is 5. The quantitative estimate of drug-likeness (QED) is 0.00791. The molecule has 0 fully saturated rings. The number of likely N-dealkylation sites (N-methyl/N-ethyl adjacent to an activating group) is 1. The Morgan fingerprint density at radius 3 is 1.50 bits per heavy atom. The van der Waals surface area contributed by atoms with Gasteiger partial charge < -0.3 is 63.0 Å². The number of carbonyl (C=O) groups excluding carboxylic acids is 1. The van der Waals surface area contributed by atoms with Gasteiger partial charge in [-0.25, -0.2) is 4.79 Å². The monoisotopic (exact) mass is 1840 g/mol. The summed E-state index contributed by atoms with van der Waals surface area (Å²) in [7, 11) is 5.37. The predicted molar refractivity (Wildman–Crippen MR) is 495 cm³/mol. The number of carboxylic acid groups (broad SMARTS) is 1. The van der Waals surface area contributed by atoms with Gasteiger partial charge in [0.05, 0.1) is 109 Å². The highest BCUT2D eigenvalue weighted by Crippen LogP contribution is 2.27. The maximum atomic E-state index is 11.1. The van der Waals surface area contributed by atoms with Gasteiger partial charge in [-0.05, 0) is 135 Å². The van der Waals surface area contributed by atoms with Crippen molar-refractivity contribution in [1.82, 2.24) is 100 Å². The van der Waals surface area contributed by atoms with Gasteiger partial charge in [-0.1, -0.05) is 131 Å². The minimum atomic E-state index is -0.912. The van der Waals surface area contributed by atoms with E-state index in [2.05, 4.69) is 185 Å². The molecule has 0 bridgehead atoms. The molecule has 10 heterocycles. The maximum Gasteiger partial charge on any atom is 0.437 e. The number of nitro benzene ring substituents is 1. The summed E-state index contributed by atoms with van der Waals surface area (Å²) in [4.78, 5) is 49.8. The minimum Gasteiger partial charge on any atom is -0.703 e. The van der Waals surface area contributed by atoms with Crippen molar-refractivity contribution in [3.63, 3.8) is 0 Å². The van der Waals surface area contributed by atoms with E-state index in [1.807, 2.05) is 63.0 Å². The predicted octanol–water partition coefficient (Wildman–Crippen LogP) is 17.9. The maximum absolute atomic E-state index is 11.1. The third-order valence-electron chi connectivity index (χ3n) is 16.4. The number of H-pyrrole nitrogens is 7. The number of benzene rings is 5. The summed E-state index contributed by atoms with van der Waals surface area (Å²) < 4.78 is 15.4. The fourth-order valence-corrected chi connectivity index (χ4v) is 13.2. The zero-order chi connectivity index (χ0) is 89.0. The molecule has 0 unspecified atom stereocenters. The molecule has 0 aliphatic carbocycles. The minimum absolute atomic E-state index is 0.0699. The summed E-state index contributed by atoms with van der Waals surface area (Å²) in [5, 5.41) is 76.4. The van der Waals surface area contributed by atoms with Gasteiger partial charge in [-0.2, -0.15) is 61.1 Å². The van der Waals surface area contributed by atoms with Crippen LogP contribution in [0.25, 0.3) is 53.9 Å². The Labute approximate surface area is 752 Å². The van der Waals surface area contributed by atoms with Crippen molar-refractivity contribution < 1.29 is 33.6 Å². The summed E-state index contributed by atoms with van der Waals surface area (Å²) in [6.07, 6.45) is 20.0. The van der Waals surface area contributed by atoms with E-state index in [9.17, 15) is 19.7 Å². The van der Waals surface area contributed by atoms with Crippen molar-refractivity contribution in [2.45, 2.75) is 104 Å². The molecule has 0 radical (unpaired) electrons. The number of non-ortho nitro benzene ring substituents is 1. The number of anilines is 2. The Hall–Kier alpha value is -11.3. The first-order chi connectivity index (χ1) is 57.5. The van der Waals surface area contributed by atoms with Crippen molar-refractivity contribution in [3.05, 3.63) is 247 Å². The summed E-state index contributed by atoms with van der Waals surface area (Å²) in [5.41, 5.74) is 12.6. The van der Waals surface area contributed by atoms with Gasteiger partial charge >= 0.3 is 16.8 Å². The molecule has 1 amide bonds. The fraction of sp³-hybridized carbons (Fsp3) is 0.256. The highest BCUT2D eigenvalue weighted by Gasteiger charge is 2.16. The topological polar surface area (TPSA) is 418 Å². The number of rotatable bonds is 12. The average Bonchev–Trinajstić information content (AvgIpc) is 1.31. The second-order valence-corrected chi connectivity index (χ2v) is 31.1. The zero-order valence-corrected chi connectivity index (χ0v) is 76.6. The molecule has 121 heavy (non-hydrogen) atoms. The summed E-state index contributed by atoms with van der Waals surface area (Å²) in [6.45, 7) is 19.7. The molecule has 43 heteroatoms. The van der Waals surface area contributed by atoms with Crippen molar-refractivity contribution in [1.29, 1.82) is 0 Å². The Morgan fingerprint density at radius 2 is 1.07 bits per heavy atom. The van der Waals surface area contributed by atoms with Crippen LogP contribution in [0.15, 0.2) is 175 Å². The molecule has 0 aliphatic rings. The standard InChI is InChI=1S/C12H14N2.C11H12N2.C8H4Cl2N2.C8H5N3O2.C8H15N3S.C8H7N3.C7H12N4O2S.C7H9N3O2S2.C5H6N2S2.C4H4N2S3/c1-9(2)5-10-3-4-11-7-13-14-8-12(11)6-10;1-8(2)9-3-4-10-6-12-13-7-11(10)5-9;9-7-1-5-3-11-12-4-6(5)2-8(7)10;12-11(13)8-2-1-6-4-9-10-5-7(6)3-8;1-4-5-6-11-7(2)10(3)9-8(11)12;9-8-2-1-6-4-10-11-5-7(6)3-8;1-4-13-7(12)9-11-5(2)10(3)8-6(11)14;1-10(3-6(11)12)4-2-5(13)9-7(14)8-4;1-3-2-4(8)7-5(9)6-3;7-2-1-3(8)6-4(9)5-2/h3-4,6-9H,5H2,1-2H3;3-8H,1-2H3;1-4H;1-5H;4-6H2,1-3H3;1-5H,9H2;4H2,1-3H3,(H-,8,9,12,14);2H,3H2,1H3,(H,11,12)(H2,8,9,13,14);2H,1H3,(H2,6,7,8,9);1H,(H3,5,6,7,8,9)/p+1. The average molecular weight is 1850 g/mol. The zero-order valence-electron chi connectivity index (χ0n) is 67.6. The number of aromatic amines is 7. The fourth-order valence-electron chi connectivity index (χ4n) is 10.2. The Kier molecular flexibility index (Phi) is 40.8. The molecule has 0 atom stereocenters. The van der Waals surface area contributed by atoms with Crippen LogP contribution in [0.5, 0.6) is 0 Å². The van der Waals surface area contributed by atoms with Crippen molar-refractivity contribution >= 4 is 217 Å². The van der Waals surface area contributed by atoms with Crippen LogP contribution < -0.4 is 25.3 Å².